The van der Waals surface area contributed by atoms with Crippen molar-refractivity contribution in [2.75, 3.05) is 31.1 Å². The van der Waals surface area contributed by atoms with Crippen molar-refractivity contribution >= 4 is 51.9 Å². The van der Waals surface area contributed by atoms with Gasteiger partial charge in [0.1, 0.15) is 0 Å². The topological polar surface area (TPSA) is 70.2 Å². The number of carbonyl (C=O) groups is 2. The van der Waals surface area contributed by atoms with Crippen LogP contribution >= 0.6 is 40.1 Å². The van der Waals surface area contributed by atoms with Crippen molar-refractivity contribution in [2.24, 2.45) is 0 Å². The third kappa shape index (κ3) is 7.56. The smallest absolute Gasteiger partial charge is 0.251 e. The molecule has 1 atom stereocenters. The summed E-state index contributed by atoms with van der Waals surface area (Å²) in [5, 5.41) is 8.96. The van der Waals surface area contributed by atoms with Crippen LogP contribution in [0.3, 0.4) is 0 Å². The predicted molar refractivity (Wildman–Crippen MR) is 100 cm³/mol. The number of benzene rings is 1. The van der Waals surface area contributed by atoms with Gasteiger partial charge in [0.15, 0.2) is 0 Å². The molecule has 1 heterocycles. The molecule has 3 N–H and O–H groups in total. The lowest BCUT2D eigenvalue weighted by Gasteiger charge is -2.22. The van der Waals surface area contributed by atoms with Crippen LogP contribution in [-0.4, -0.2) is 49.0 Å². The van der Waals surface area contributed by atoms with Gasteiger partial charge in [-0.25, -0.2) is 0 Å². The van der Waals surface area contributed by atoms with Gasteiger partial charge >= 0.3 is 0 Å². The average Bonchev–Trinajstić information content (AvgIpc) is 2.52. The Hall–Kier alpha value is -0.760. The normalized spacial score (nSPS) is 17.0. The van der Waals surface area contributed by atoms with Gasteiger partial charge in [-0.05, 0) is 18.2 Å². The second kappa shape index (κ2) is 10.9. The van der Waals surface area contributed by atoms with Crippen LogP contribution < -0.4 is 16.0 Å². The number of amides is 2. The largest absolute Gasteiger partial charge is 0.354 e. The zero-order chi connectivity index (χ0) is 15.8. The fraction of sp³-hybridized carbons (Fsp3) is 0.467. The van der Waals surface area contributed by atoms with Crippen LogP contribution in [0.4, 0.5) is 0 Å². The minimum Gasteiger partial charge on any atom is -0.354 e. The molecule has 128 valence electrons. The highest BCUT2D eigenvalue weighted by Gasteiger charge is 2.16. The quantitative estimate of drug-likeness (QED) is 0.612. The highest BCUT2D eigenvalue weighted by Crippen LogP contribution is 2.11. The highest BCUT2D eigenvalue weighted by atomic mass is 79.9. The van der Waals surface area contributed by atoms with Crippen LogP contribution in [0.2, 0.25) is 0 Å². The molecule has 1 fully saturated rings. The number of halogens is 2. The first kappa shape index (κ1) is 20.3. The van der Waals surface area contributed by atoms with Crippen molar-refractivity contribution in [2.45, 2.75) is 12.5 Å². The minimum absolute atomic E-state index is 0. The van der Waals surface area contributed by atoms with E-state index in [1.54, 1.807) is 12.1 Å². The summed E-state index contributed by atoms with van der Waals surface area (Å²) in [4.78, 5) is 23.7. The Morgan fingerprint density at radius 3 is 2.78 bits per heavy atom. The molecule has 5 nitrogen and oxygen atoms in total. The van der Waals surface area contributed by atoms with Crippen molar-refractivity contribution in [3.05, 3.63) is 34.3 Å². The molecule has 0 aromatic heterocycles. The number of thioether (sulfide) groups is 1. The Bertz CT molecular complexity index is 527. The minimum atomic E-state index is -0.138. The Morgan fingerprint density at radius 1 is 1.30 bits per heavy atom. The molecule has 8 heteroatoms. The van der Waals surface area contributed by atoms with E-state index in [4.69, 9.17) is 0 Å². The van der Waals surface area contributed by atoms with E-state index >= 15 is 0 Å². The third-order valence-electron chi connectivity index (χ3n) is 3.25. The summed E-state index contributed by atoms with van der Waals surface area (Å²) in [6.45, 7) is 1.83. The molecule has 1 saturated heterocycles. The molecule has 0 spiro atoms. The van der Waals surface area contributed by atoms with E-state index in [-0.39, 0.29) is 30.3 Å². The zero-order valence-corrected chi connectivity index (χ0v) is 15.9. The molecule has 2 amide bonds. The van der Waals surface area contributed by atoms with Crippen molar-refractivity contribution in [3.8, 4) is 0 Å². The van der Waals surface area contributed by atoms with E-state index in [0.717, 1.165) is 22.5 Å². The van der Waals surface area contributed by atoms with E-state index < -0.39 is 0 Å². The van der Waals surface area contributed by atoms with E-state index in [1.165, 1.54) is 0 Å². The van der Waals surface area contributed by atoms with E-state index in [2.05, 4.69) is 31.9 Å². The third-order valence-corrected chi connectivity index (χ3v) is 4.87. The molecule has 1 aromatic rings. The van der Waals surface area contributed by atoms with Crippen LogP contribution in [0, 0.1) is 0 Å². The number of hydrogen-bond donors (Lipinski definition) is 3. The molecule has 1 unspecified atom stereocenters. The summed E-state index contributed by atoms with van der Waals surface area (Å²) >= 11 is 5.21. The summed E-state index contributed by atoms with van der Waals surface area (Å²) in [5.41, 5.74) is 0.601. The summed E-state index contributed by atoms with van der Waals surface area (Å²) in [6, 6.07) is 7.46. The first-order valence-corrected chi connectivity index (χ1v) is 9.21. The van der Waals surface area contributed by atoms with Gasteiger partial charge in [-0.2, -0.15) is 11.8 Å². The van der Waals surface area contributed by atoms with Gasteiger partial charge in [0, 0.05) is 53.6 Å². The standard InChI is InChI=1S/C15H20BrN3O2S.ClH/c16-12-3-1-2-11(8-12)15(21)19-5-4-18-14(20)9-13-10-22-7-6-17-13;/h1-3,8,13,17H,4-7,9-10H2,(H,18,20)(H,19,21);1H. The number of rotatable bonds is 6. The lowest BCUT2D eigenvalue weighted by molar-refractivity contribution is -0.121. The van der Waals surface area contributed by atoms with Crippen LogP contribution in [0.25, 0.3) is 0 Å². The van der Waals surface area contributed by atoms with Crippen LogP contribution in [0.15, 0.2) is 28.7 Å². The maximum Gasteiger partial charge on any atom is 0.251 e. The number of carbonyl (C=O) groups excluding carboxylic acids is 2. The van der Waals surface area contributed by atoms with Crippen molar-refractivity contribution in [1.82, 2.24) is 16.0 Å². The Balaban J connectivity index is 0.00000264. The van der Waals surface area contributed by atoms with Gasteiger partial charge in [0.05, 0.1) is 0 Å². The highest BCUT2D eigenvalue weighted by molar-refractivity contribution is 9.10. The second-order valence-corrected chi connectivity index (χ2v) is 7.11. The summed E-state index contributed by atoms with van der Waals surface area (Å²) in [6.07, 6.45) is 0.493. The molecule has 23 heavy (non-hydrogen) atoms. The molecule has 1 aromatic carbocycles. The molecular formula is C15H21BrClN3O2S. The SMILES string of the molecule is Cl.O=C(CC1CSCCN1)NCCNC(=O)c1cccc(Br)c1. The Kier molecular flexibility index (Phi) is 9.62. The summed E-state index contributed by atoms with van der Waals surface area (Å²) in [5.74, 6) is 1.98. The Morgan fingerprint density at radius 2 is 2.09 bits per heavy atom. The number of nitrogens with one attached hydrogen (secondary N) is 3. The lowest BCUT2D eigenvalue weighted by atomic mass is 10.2. The van der Waals surface area contributed by atoms with Gasteiger partial charge in [0.2, 0.25) is 5.91 Å². The summed E-state index contributed by atoms with van der Waals surface area (Å²) < 4.78 is 0.867. The van der Waals surface area contributed by atoms with Gasteiger partial charge in [-0.15, -0.1) is 12.4 Å². The predicted octanol–water partition coefficient (Wildman–Crippen LogP) is 1.81. The van der Waals surface area contributed by atoms with E-state index in [1.807, 2.05) is 23.9 Å². The average molecular weight is 423 g/mol. The van der Waals surface area contributed by atoms with Gasteiger partial charge < -0.3 is 16.0 Å². The fourth-order valence-electron chi connectivity index (χ4n) is 2.16. The first-order valence-electron chi connectivity index (χ1n) is 7.27. The van der Waals surface area contributed by atoms with Crippen LogP contribution in [0.5, 0.6) is 0 Å². The van der Waals surface area contributed by atoms with Gasteiger partial charge in [0.25, 0.3) is 5.91 Å². The van der Waals surface area contributed by atoms with Gasteiger partial charge in [-0.1, -0.05) is 22.0 Å². The first-order chi connectivity index (χ1) is 10.6. The number of hydrogen-bond acceptors (Lipinski definition) is 4. The van der Waals surface area contributed by atoms with E-state index in [9.17, 15) is 9.59 Å². The maximum atomic E-state index is 11.9. The van der Waals surface area contributed by atoms with E-state index in [0.29, 0.717) is 25.1 Å². The molecule has 1 aliphatic heterocycles. The second-order valence-electron chi connectivity index (χ2n) is 5.05. The van der Waals surface area contributed by atoms with Crippen molar-refractivity contribution in [3.63, 3.8) is 0 Å². The Labute approximate surface area is 155 Å². The van der Waals surface area contributed by atoms with Crippen LogP contribution in [0.1, 0.15) is 16.8 Å². The molecule has 0 aliphatic carbocycles. The lowest BCUT2D eigenvalue weighted by Crippen LogP contribution is -2.42. The molecule has 2 rings (SSSR count). The monoisotopic (exact) mass is 421 g/mol. The molecule has 0 radical (unpaired) electrons. The molecular weight excluding hydrogens is 402 g/mol. The molecule has 0 saturated carbocycles. The summed E-state index contributed by atoms with van der Waals surface area (Å²) in [7, 11) is 0. The fourth-order valence-corrected chi connectivity index (χ4v) is 3.50. The molecule has 1 aliphatic rings. The zero-order valence-electron chi connectivity index (χ0n) is 12.6. The van der Waals surface area contributed by atoms with Crippen molar-refractivity contribution < 1.29 is 9.59 Å². The van der Waals surface area contributed by atoms with Crippen LogP contribution in [-0.2, 0) is 4.79 Å². The maximum absolute atomic E-state index is 11.9. The molecule has 0 bridgehead atoms. The van der Waals surface area contributed by atoms with Crippen molar-refractivity contribution in [1.29, 1.82) is 0 Å². The van der Waals surface area contributed by atoms with Gasteiger partial charge in [-0.3, -0.25) is 9.59 Å².